The molecule has 0 bridgehead atoms. The van der Waals surface area contributed by atoms with Crippen LogP contribution in [0.15, 0.2) is 22.8 Å². The molecule has 3 nitrogen and oxygen atoms in total. The predicted octanol–water partition coefficient (Wildman–Crippen LogP) is 13.8. The highest BCUT2D eigenvalue weighted by atomic mass is 16.1. The van der Waals surface area contributed by atoms with Crippen molar-refractivity contribution in [2.24, 2.45) is 16.7 Å². The van der Waals surface area contributed by atoms with Gasteiger partial charge in [-0.1, -0.05) is 131 Å². The van der Waals surface area contributed by atoms with Crippen molar-refractivity contribution >= 4 is 17.3 Å². The fourth-order valence-corrected chi connectivity index (χ4v) is 8.20. The summed E-state index contributed by atoms with van der Waals surface area (Å²) in [6, 6.07) is 0. The Bertz CT molecular complexity index is 2960. The molecule has 0 saturated heterocycles. The highest BCUT2D eigenvalue weighted by molar-refractivity contribution is 5.97. The minimum absolute atomic E-state index is 0.223. The summed E-state index contributed by atoms with van der Waals surface area (Å²) in [5.74, 6) is 77.9. The predicted molar refractivity (Wildman–Crippen MR) is 341 cm³/mol. The summed E-state index contributed by atoms with van der Waals surface area (Å²) in [5, 5.41) is 0. The monoisotopic (exact) mass is 1060 g/mol. The molecule has 0 amide bonds. The van der Waals surface area contributed by atoms with Gasteiger partial charge < -0.3 is 4.79 Å². The van der Waals surface area contributed by atoms with Gasteiger partial charge in [0.25, 0.3) is 0 Å². The van der Waals surface area contributed by atoms with Crippen LogP contribution in [-0.4, -0.2) is 17.3 Å². The smallest absolute Gasteiger partial charge is 0.159 e. The number of hydrogen-bond donors (Lipinski definition) is 0. The van der Waals surface area contributed by atoms with E-state index in [0.29, 0.717) is 17.3 Å². The third-order valence-corrected chi connectivity index (χ3v) is 11.9. The zero-order valence-electron chi connectivity index (χ0n) is 50.2. The van der Waals surface area contributed by atoms with Gasteiger partial charge >= 0.3 is 0 Å². The number of unbranched alkanes of at least 4 members (excludes halogenated alkanes) is 5. The summed E-state index contributed by atoms with van der Waals surface area (Å²) in [5.41, 5.74) is 4.58. The fraction of sp³-hybridized carbons (Fsp3) is 0.449. The van der Waals surface area contributed by atoms with Gasteiger partial charge in [0, 0.05) is 18.8 Å². The molecular formula is C78H80O3. The Kier molecular flexibility index (Phi) is 51.8. The number of terminal acetylenes is 4. The second-order valence-electron chi connectivity index (χ2n) is 19.1. The van der Waals surface area contributed by atoms with Gasteiger partial charge in [0.05, 0.1) is 0 Å². The van der Waals surface area contributed by atoms with Crippen LogP contribution in [0.1, 0.15) is 210 Å². The molecule has 81 heavy (non-hydrogen) atoms. The standard InChI is InChI=1S/2C18H32O.2C18H2.C6H12O/c1-5-8-11-15-13-18(4,12-9-6-2)14-17(19)16(15)10-7-3;1-5-8-11-15-13-17(19)16(10-7-3)18(4,14-15)12-9-6-2;2*1-3-5-7-9-11-13-15-17-18-16-14-12-10-8-6-4-2;1-3-4-5-6(2)7/h5-14H2,1-4H3;13,16H,5-12,14H2,1-4H3;2*1-2H;3-5H2,1-2H3. The summed E-state index contributed by atoms with van der Waals surface area (Å²) in [4.78, 5) is 35.1. The average Bonchev–Trinajstić information content (AvgIpc) is 3.45. The van der Waals surface area contributed by atoms with Gasteiger partial charge in [-0.3, -0.25) is 9.59 Å². The quantitative estimate of drug-likeness (QED) is 0.121. The van der Waals surface area contributed by atoms with Crippen molar-refractivity contribution in [1.29, 1.82) is 0 Å². The SMILES string of the molecule is C#CC#CC#CC#CC#CC#CC#CC#CC#C.C#CC#CC#CC#CC#CC#CC#CC#CC#C.CCCCC(C)=O.CCCCC1=C(CCC)C(=O)CC(C)(CCCC)C1.CCCCC1=CC(=O)C(CCC)C(C)(CCCC)C1. The molecule has 2 aliphatic carbocycles. The summed E-state index contributed by atoms with van der Waals surface area (Å²) in [7, 11) is 0. The van der Waals surface area contributed by atoms with Gasteiger partial charge in [-0.15, -0.1) is 25.7 Å². The summed E-state index contributed by atoms with van der Waals surface area (Å²) < 4.78 is 0. The van der Waals surface area contributed by atoms with E-state index in [4.69, 9.17) is 25.7 Å². The van der Waals surface area contributed by atoms with E-state index in [9.17, 15) is 14.4 Å². The number of carbonyl (C=O) groups excluding carboxylic acids is 3. The Hall–Kier alpha value is -9.43. The zero-order chi connectivity index (χ0) is 60.9. The lowest BCUT2D eigenvalue weighted by molar-refractivity contribution is -0.123. The van der Waals surface area contributed by atoms with Gasteiger partial charge in [0.2, 0.25) is 0 Å². The van der Waals surface area contributed by atoms with E-state index < -0.39 is 0 Å². The maximum Gasteiger partial charge on any atom is 0.159 e. The lowest BCUT2D eigenvalue weighted by Gasteiger charge is -2.40. The van der Waals surface area contributed by atoms with E-state index in [2.05, 4.69) is 252 Å². The van der Waals surface area contributed by atoms with Gasteiger partial charge in [0.15, 0.2) is 11.6 Å². The van der Waals surface area contributed by atoms with Gasteiger partial charge in [-0.05, 0) is 289 Å². The molecule has 0 spiro atoms. The van der Waals surface area contributed by atoms with Gasteiger partial charge in [-0.25, -0.2) is 0 Å². The minimum atomic E-state index is 0.223. The van der Waals surface area contributed by atoms with Crippen LogP contribution in [0.5, 0.6) is 0 Å². The molecule has 0 aromatic rings. The highest BCUT2D eigenvalue weighted by Crippen LogP contribution is 2.46. The second kappa shape index (κ2) is 55.3. The molecule has 0 radical (unpaired) electrons. The molecule has 2 rings (SSSR count). The molecule has 0 aromatic heterocycles. The van der Waals surface area contributed by atoms with Crippen LogP contribution in [0.3, 0.4) is 0 Å². The Morgan fingerprint density at radius 3 is 1.12 bits per heavy atom. The Morgan fingerprint density at radius 2 is 0.802 bits per heavy atom. The molecule has 0 N–H and O–H groups in total. The van der Waals surface area contributed by atoms with Crippen LogP contribution in [-0.2, 0) is 14.4 Å². The first-order chi connectivity index (χ1) is 39.2. The van der Waals surface area contributed by atoms with Crippen molar-refractivity contribution in [2.75, 3.05) is 0 Å². The maximum atomic E-state index is 12.5. The van der Waals surface area contributed by atoms with Crippen LogP contribution in [0, 0.1) is 232 Å². The zero-order valence-corrected chi connectivity index (χ0v) is 50.2. The Labute approximate surface area is 494 Å². The minimum Gasteiger partial charge on any atom is -0.300 e. The van der Waals surface area contributed by atoms with Crippen molar-refractivity contribution in [3.63, 3.8) is 0 Å². The van der Waals surface area contributed by atoms with Crippen molar-refractivity contribution < 1.29 is 14.4 Å². The molecule has 0 heterocycles. The normalized spacial score (nSPS) is 14.5. The van der Waals surface area contributed by atoms with E-state index in [1.807, 2.05) is 6.08 Å². The number of ketones is 3. The van der Waals surface area contributed by atoms with Crippen LogP contribution < -0.4 is 0 Å². The molecule has 0 fully saturated rings. The van der Waals surface area contributed by atoms with Crippen molar-refractivity contribution in [1.82, 2.24) is 0 Å². The third-order valence-electron chi connectivity index (χ3n) is 11.9. The lowest BCUT2D eigenvalue weighted by atomic mass is 9.63. The summed E-state index contributed by atoms with van der Waals surface area (Å²) in [6.45, 7) is 21.7. The number of carbonyl (C=O) groups is 3. The molecule has 0 aromatic carbocycles. The Morgan fingerprint density at radius 1 is 0.444 bits per heavy atom. The number of rotatable bonds is 19. The van der Waals surface area contributed by atoms with Crippen LogP contribution in [0.4, 0.5) is 0 Å². The van der Waals surface area contributed by atoms with Gasteiger partial charge in [0.1, 0.15) is 5.78 Å². The maximum absolute atomic E-state index is 12.5. The van der Waals surface area contributed by atoms with Gasteiger partial charge in [-0.2, -0.15) is 0 Å². The van der Waals surface area contributed by atoms with E-state index in [-0.39, 0.29) is 16.7 Å². The molecule has 3 atom stereocenters. The van der Waals surface area contributed by atoms with Crippen LogP contribution >= 0.6 is 0 Å². The number of allylic oxidation sites excluding steroid dienone is 4. The number of Topliss-reactive ketones (excluding diaryl/α,β-unsaturated/α-hetero) is 2. The molecule has 3 unspecified atom stereocenters. The highest BCUT2D eigenvalue weighted by Gasteiger charge is 2.40. The molecule has 2 aliphatic rings. The number of hydrogen-bond acceptors (Lipinski definition) is 3. The molecular weight excluding hydrogens is 985 g/mol. The van der Waals surface area contributed by atoms with E-state index >= 15 is 0 Å². The largest absolute Gasteiger partial charge is 0.300 e. The molecule has 0 aliphatic heterocycles. The fourth-order valence-electron chi connectivity index (χ4n) is 8.20. The average molecular weight is 1070 g/mol. The molecule has 0 saturated carbocycles. The van der Waals surface area contributed by atoms with E-state index in [0.717, 1.165) is 70.6 Å². The first kappa shape index (κ1) is 75.8. The molecule has 410 valence electrons. The van der Waals surface area contributed by atoms with Crippen molar-refractivity contribution in [2.45, 2.75) is 210 Å². The first-order valence-corrected chi connectivity index (χ1v) is 28.0. The topological polar surface area (TPSA) is 51.2 Å². The lowest BCUT2D eigenvalue weighted by Crippen LogP contribution is -2.36. The summed E-state index contributed by atoms with van der Waals surface area (Å²) >= 11 is 0. The third kappa shape index (κ3) is 45.3. The summed E-state index contributed by atoms with van der Waals surface area (Å²) in [6.07, 6.45) is 46.4. The first-order valence-electron chi connectivity index (χ1n) is 28.0. The van der Waals surface area contributed by atoms with Crippen molar-refractivity contribution in [3.8, 4) is 215 Å². The van der Waals surface area contributed by atoms with Crippen LogP contribution in [0.25, 0.3) is 0 Å². The second-order valence-corrected chi connectivity index (χ2v) is 19.1. The van der Waals surface area contributed by atoms with Crippen molar-refractivity contribution in [3.05, 3.63) is 22.8 Å². The molecule has 3 heteroatoms. The Balaban J connectivity index is -0.000000962. The van der Waals surface area contributed by atoms with Crippen LogP contribution in [0.2, 0.25) is 0 Å². The van der Waals surface area contributed by atoms with E-state index in [1.54, 1.807) is 6.92 Å². The van der Waals surface area contributed by atoms with E-state index in [1.165, 1.54) is 87.3 Å².